The van der Waals surface area contributed by atoms with Crippen LogP contribution in [0.15, 0.2) is 0 Å². The van der Waals surface area contributed by atoms with E-state index in [1.807, 2.05) is 4.90 Å². The van der Waals surface area contributed by atoms with Gasteiger partial charge in [-0.05, 0) is 24.3 Å². The molecule has 0 bridgehead atoms. The van der Waals surface area contributed by atoms with E-state index in [9.17, 15) is 13.2 Å². The van der Waals surface area contributed by atoms with Crippen LogP contribution in [0.3, 0.4) is 0 Å². The second-order valence-corrected chi connectivity index (χ2v) is 6.73. The lowest BCUT2D eigenvalue weighted by molar-refractivity contribution is -0.130. The van der Waals surface area contributed by atoms with Gasteiger partial charge in [0.05, 0.1) is 0 Å². The first-order chi connectivity index (χ1) is 7.10. The second kappa shape index (κ2) is 4.84. The molecule has 0 aliphatic carbocycles. The third-order valence-electron chi connectivity index (χ3n) is 3.27. The van der Waals surface area contributed by atoms with Crippen LogP contribution in [0.2, 0.25) is 0 Å². The van der Waals surface area contributed by atoms with Crippen molar-refractivity contribution in [2.24, 2.45) is 11.3 Å². The van der Waals surface area contributed by atoms with Crippen molar-refractivity contribution in [3.05, 3.63) is 0 Å². The monoisotopic (exact) mass is 301 g/mol. The van der Waals surface area contributed by atoms with Crippen LogP contribution < -0.4 is 0 Å². The summed E-state index contributed by atoms with van der Waals surface area (Å²) < 4.78 is 37.1. The number of hydrogen-bond acceptors (Lipinski definition) is 1. The number of rotatable bonds is 2. The third kappa shape index (κ3) is 3.91. The van der Waals surface area contributed by atoms with Crippen molar-refractivity contribution in [3.8, 4) is 0 Å². The Balaban J connectivity index is 2.43. The van der Waals surface area contributed by atoms with Crippen LogP contribution in [0.5, 0.6) is 0 Å². The summed E-state index contributed by atoms with van der Waals surface area (Å²) in [5, 5.41) is 0. The van der Waals surface area contributed by atoms with E-state index >= 15 is 0 Å². The highest BCUT2D eigenvalue weighted by atomic mass is 79.9. The summed E-state index contributed by atoms with van der Waals surface area (Å²) in [6.07, 6.45) is -3.14. The molecule has 0 N–H and O–H groups in total. The standard InChI is InChI=1S/C11H19BrF3N/c1-10(2,3)8-4-5-16(6-8)7-9(12)11(13,14)15/h8-9H,4-7H2,1-3H3. The van der Waals surface area contributed by atoms with E-state index in [0.29, 0.717) is 5.92 Å². The summed E-state index contributed by atoms with van der Waals surface area (Å²) >= 11 is 2.71. The zero-order chi connectivity index (χ0) is 12.6. The van der Waals surface area contributed by atoms with Crippen molar-refractivity contribution in [1.29, 1.82) is 0 Å². The van der Waals surface area contributed by atoms with Gasteiger partial charge >= 0.3 is 6.18 Å². The number of nitrogens with zero attached hydrogens (tertiary/aromatic N) is 1. The Morgan fingerprint density at radius 1 is 1.31 bits per heavy atom. The molecule has 0 aromatic carbocycles. The van der Waals surface area contributed by atoms with Gasteiger partial charge in [-0.1, -0.05) is 36.7 Å². The first kappa shape index (κ1) is 14.3. The van der Waals surface area contributed by atoms with E-state index in [1.165, 1.54) is 0 Å². The molecule has 0 radical (unpaired) electrons. The minimum atomic E-state index is -4.14. The molecule has 5 heteroatoms. The third-order valence-corrected chi connectivity index (χ3v) is 4.08. The van der Waals surface area contributed by atoms with Crippen molar-refractivity contribution < 1.29 is 13.2 Å². The topological polar surface area (TPSA) is 3.24 Å². The SMILES string of the molecule is CC(C)(C)C1CCN(CC(Br)C(F)(F)F)C1. The molecule has 0 saturated carbocycles. The Hall–Kier alpha value is 0.230. The fourth-order valence-corrected chi connectivity index (χ4v) is 2.45. The van der Waals surface area contributed by atoms with E-state index < -0.39 is 11.0 Å². The highest BCUT2D eigenvalue weighted by molar-refractivity contribution is 9.09. The van der Waals surface area contributed by atoms with E-state index in [0.717, 1.165) is 19.5 Å². The highest BCUT2D eigenvalue weighted by Crippen LogP contribution is 2.35. The number of hydrogen-bond donors (Lipinski definition) is 0. The Morgan fingerprint density at radius 3 is 2.25 bits per heavy atom. The zero-order valence-corrected chi connectivity index (χ0v) is 11.5. The van der Waals surface area contributed by atoms with Crippen LogP contribution in [0.4, 0.5) is 13.2 Å². The van der Waals surface area contributed by atoms with Crippen LogP contribution in [-0.2, 0) is 0 Å². The molecule has 2 atom stereocenters. The Labute approximate surface area is 104 Å². The van der Waals surface area contributed by atoms with Gasteiger partial charge in [-0.2, -0.15) is 13.2 Å². The molecule has 1 aliphatic rings. The zero-order valence-electron chi connectivity index (χ0n) is 9.94. The Kier molecular flexibility index (Phi) is 4.33. The largest absolute Gasteiger partial charge is 0.402 e. The second-order valence-electron chi connectivity index (χ2n) is 5.62. The summed E-state index contributed by atoms with van der Waals surface area (Å²) in [5.41, 5.74) is 0.189. The quantitative estimate of drug-likeness (QED) is 0.703. The van der Waals surface area contributed by atoms with Gasteiger partial charge in [-0.25, -0.2) is 0 Å². The van der Waals surface area contributed by atoms with E-state index in [1.54, 1.807) is 0 Å². The summed E-state index contributed by atoms with van der Waals surface area (Å²) in [7, 11) is 0. The molecule has 2 unspecified atom stereocenters. The molecule has 0 amide bonds. The van der Waals surface area contributed by atoms with Crippen LogP contribution in [0.25, 0.3) is 0 Å². The normalized spacial score (nSPS) is 26.1. The van der Waals surface area contributed by atoms with Gasteiger partial charge in [0, 0.05) is 13.1 Å². The summed E-state index contributed by atoms with van der Waals surface area (Å²) in [6.45, 7) is 8.07. The molecule has 1 aliphatic heterocycles. The van der Waals surface area contributed by atoms with Crippen molar-refractivity contribution in [2.45, 2.75) is 38.2 Å². The molecule has 1 heterocycles. The van der Waals surface area contributed by atoms with Crippen LogP contribution >= 0.6 is 15.9 Å². The average Bonchev–Trinajstić information content (AvgIpc) is 2.49. The van der Waals surface area contributed by atoms with Crippen LogP contribution in [0.1, 0.15) is 27.2 Å². The molecular formula is C11H19BrF3N. The van der Waals surface area contributed by atoms with Gasteiger partial charge in [0.25, 0.3) is 0 Å². The summed E-state index contributed by atoms with van der Waals surface area (Å²) in [4.78, 5) is 0.502. The number of halogens is 4. The van der Waals surface area contributed by atoms with Gasteiger partial charge in [-0.15, -0.1) is 0 Å². The van der Waals surface area contributed by atoms with Gasteiger partial charge in [0.15, 0.2) is 0 Å². The first-order valence-corrected chi connectivity index (χ1v) is 6.45. The minimum absolute atomic E-state index is 0.0656. The molecule has 16 heavy (non-hydrogen) atoms. The van der Waals surface area contributed by atoms with Gasteiger partial charge in [-0.3, -0.25) is 0 Å². The van der Waals surface area contributed by atoms with Crippen molar-refractivity contribution >= 4 is 15.9 Å². The molecule has 1 nitrogen and oxygen atoms in total. The predicted octanol–water partition coefficient (Wildman–Crippen LogP) is 3.68. The average molecular weight is 302 g/mol. The molecular weight excluding hydrogens is 283 g/mol. The highest BCUT2D eigenvalue weighted by Gasteiger charge is 2.40. The minimum Gasteiger partial charge on any atom is -0.302 e. The molecule has 0 aromatic rings. The first-order valence-electron chi connectivity index (χ1n) is 5.54. The van der Waals surface area contributed by atoms with Crippen molar-refractivity contribution in [1.82, 2.24) is 4.90 Å². The van der Waals surface area contributed by atoms with Crippen LogP contribution in [-0.4, -0.2) is 35.5 Å². The molecule has 1 saturated heterocycles. The Morgan fingerprint density at radius 2 is 1.88 bits per heavy atom. The lowest BCUT2D eigenvalue weighted by Gasteiger charge is -2.27. The van der Waals surface area contributed by atoms with Crippen molar-refractivity contribution in [3.63, 3.8) is 0 Å². The molecule has 0 aromatic heterocycles. The van der Waals surface area contributed by atoms with Crippen LogP contribution in [0, 0.1) is 11.3 Å². The molecule has 96 valence electrons. The molecule has 0 spiro atoms. The fourth-order valence-electron chi connectivity index (χ4n) is 2.04. The Bertz CT molecular complexity index is 234. The maximum atomic E-state index is 12.4. The molecule has 1 fully saturated rings. The van der Waals surface area contributed by atoms with Gasteiger partial charge in [0.1, 0.15) is 4.83 Å². The smallest absolute Gasteiger partial charge is 0.302 e. The fraction of sp³-hybridized carbons (Fsp3) is 1.00. The number of alkyl halides is 4. The van der Waals surface area contributed by atoms with Gasteiger partial charge < -0.3 is 4.90 Å². The van der Waals surface area contributed by atoms with Crippen molar-refractivity contribution in [2.75, 3.05) is 19.6 Å². The lowest BCUT2D eigenvalue weighted by Crippen LogP contribution is -2.37. The van der Waals surface area contributed by atoms with E-state index in [4.69, 9.17) is 0 Å². The van der Waals surface area contributed by atoms with E-state index in [-0.39, 0.29) is 12.0 Å². The van der Waals surface area contributed by atoms with Gasteiger partial charge in [0.2, 0.25) is 0 Å². The lowest BCUT2D eigenvalue weighted by atomic mass is 9.80. The maximum Gasteiger partial charge on any atom is 0.402 e. The summed E-state index contributed by atoms with van der Waals surface area (Å²) in [5.74, 6) is 0.500. The number of likely N-dealkylation sites (tertiary alicyclic amines) is 1. The summed E-state index contributed by atoms with van der Waals surface area (Å²) in [6, 6.07) is 0. The predicted molar refractivity (Wildman–Crippen MR) is 62.8 cm³/mol. The maximum absolute atomic E-state index is 12.4. The molecule has 1 rings (SSSR count). The van der Waals surface area contributed by atoms with E-state index in [2.05, 4.69) is 36.7 Å².